The SMILES string of the molecule is COc1cc(/C=N/NC(=O)C(OC)c2ccc(-n3cncn3)cc2)cc(OC)c1Br. The van der Waals surface area contributed by atoms with Gasteiger partial charge in [0.15, 0.2) is 6.10 Å². The quantitative estimate of drug-likeness (QED) is 0.398. The van der Waals surface area contributed by atoms with Crippen molar-refractivity contribution in [2.45, 2.75) is 6.10 Å². The van der Waals surface area contributed by atoms with Gasteiger partial charge in [-0.3, -0.25) is 4.79 Å². The fourth-order valence-corrected chi connectivity index (χ4v) is 3.28. The van der Waals surface area contributed by atoms with Gasteiger partial charge in [0.25, 0.3) is 5.91 Å². The van der Waals surface area contributed by atoms with Crippen LogP contribution in [0.4, 0.5) is 0 Å². The van der Waals surface area contributed by atoms with Crippen molar-refractivity contribution in [3.63, 3.8) is 0 Å². The molecular weight excluding hydrogens is 454 g/mol. The van der Waals surface area contributed by atoms with Gasteiger partial charge in [0.2, 0.25) is 0 Å². The molecule has 0 fully saturated rings. The number of aromatic nitrogens is 3. The Morgan fingerprint density at radius 2 is 1.83 bits per heavy atom. The lowest BCUT2D eigenvalue weighted by atomic mass is 10.1. The zero-order valence-corrected chi connectivity index (χ0v) is 18.2. The first-order valence-corrected chi connectivity index (χ1v) is 9.59. The Hall–Kier alpha value is -3.24. The Balaban J connectivity index is 1.70. The van der Waals surface area contributed by atoms with E-state index in [-0.39, 0.29) is 0 Å². The first-order chi connectivity index (χ1) is 14.6. The molecule has 0 saturated carbocycles. The molecule has 1 unspecified atom stereocenters. The number of amides is 1. The van der Waals surface area contributed by atoms with Crippen LogP contribution in [0.5, 0.6) is 11.5 Å². The summed E-state index contributed by atoms with van der Waals surface area (Å²) in [5.41, 5.74) is 4.69. The van der Waals surface area contributed by atoms with Crippen LogP contribution in [0.25, 0.3) is 5.69 Å². The zero-order chi connectivity index (χ0) is 21.5. The predicted molar refractivity (Wildman–Crippen MR) is 114 cm³/mol. The molecule has 1 aromatic heterocycles. The number of benzene rings is 2. The molecule has 156 valence electrons. The predicted octanol–water partition coefficient (Wildman–Crippen LogP) is 2.88. The molecule has 30 heavy (non-hydrogen) atoms. The van der Waals surface area contributed by atoms with Crippen LogP contribution >= 0.6 is 15.9 Å². The molecular formula is C20H20BrN5O4. The van der Waals surface area contributed by atoms with E-state index in [1.54, 1.807) is 49.5 Å². The fourth-order valence-electron chi connectivity index (χ4n) is 2.73. The second-order valence-corrected chi connectivity index (χ2v) is 6.81. The Morgan fingerprint density at radius 3 is 2.37 bits per heavy atom. The standard InChI is InChI=1S/C20H20BrN5O4/c1-28-16-8-13(9-17(29-2)18(16)21)10-23-25-20(27)19(30-3)14-4-6-15(7-5-14)26-12-22-11-24-26/h4-12,19H,1-3H3,(H,25,27)/b23-10+. The molecule has 1 N–H and O–H groups in total. The summed E-state index contributed by atoms with van der Waals surface area (Å²) in [5, 5.41) is 8.09. The van der Waals surface area contributed by atoms with Gasteiger partial charge in [-0.15, -0.1) is 0 Å². The van der Waals surface area contributed by atoms with Crippen LogP contribution in [0.2, 0.25) is 0 Å². The Morgan fingerprint density at radius 1 is 1.17 bits per heavy atom. The maximum Gasteiger partial charge on any atom is 0.273 e. The highest BCUT2D eigenvalue weighted by atomic mass is 79.9. The van der Waals surface area contributed by atoms with Crippen molar-refractivity contribution < 1.29 is 19.0 Å². The Labute approximate surface area is 181 Å². The summed E-state index contributed by atoms with van der Waals surface area (Å²) >= 11 is 3.41. The molecule has 0 spiro atoms. The minimum absolute atomic E-state index is 0.404. The van der Waals surface area contributed by atoms with Gasteiger partial charge in [-0.05, 0) is 45.8 Å². The van der Waals surface area contributed by atoms with Gasteiger partial charge in [0.05, 0.1) is 26.1 Å². The number of nitrogens with zero attached hydrogens (tertiary/aromatic N) is 4. The average molecular weight is 474 g/mol. The normalized spacial score (nSPS) is 12.0. The number of halogens is 1. The Kier molecular flexibility index (Phi) is 7.15. The monoisotopic (exact) mass is 473 g/mol. The maximum absolute atomic E-state index is 12.5. The number of carbonyl (C=O) groups excluding carboxylic acids is 1. The van der Waals surface area contributed by atoms with E-state index >= 15 is 0 Å². The molecule has 0 radical (unpaired) electrons. The van der Waals surface area contributed by atoms with Crippen LogP contribution < -0.4 is 14.9 Å². The summed E-state index contributed by atoms with van der Waals surface area (Å²) in [6.45, 7) is 0. The third-order valence-electron chi connectivity index (χ3n) is 4.21. The highest BCUT2D eigenvalue weighted by molar-refractivity contribution is 9.10. The van der Waals surface area contributed by atoms with Crippen LogP contribution in [0.1, 0.15) is 17.2 Å². The maximum atomic E-state index is 12.5. The van der Waals surface area contributed by atoms with Crippen molar-refractivity contribution in [3.05, 3.63) is 64.7 Å². The van der Waals surface area contributed by atoms with Gasteiger partial charge in [-0.1, -0.05) is 12.1 Å². The van der Waals surface area contributed by atoms with E-state index < -0.39 is 12.0 Å². The summed E-state index contributed by atoms with van der Waals surface area (Å²) in [7, 11) is 4.57. The summed E-state index contributed by atoms with van der Waals surface area (Å²) in [6, 6.07) is 10.8. The van der Waals surface area contributed by atoms with Crippen molar-refractivity contribution in [2.24, 2.45) is 5.10 Å². The molecule has 10 heteroatoms. The van der Waals surface area contributed by atoms with E-state index in [1.165, 1.54) is 19.7 Å². The van der Waals surface area contributed by atoms with Crippen molar-refractivity contribution in [2.75, 3.05) is 21.3 Å². The van der Waals surface area contributed by atoms with Crippen molar-refractivity contribution in [1.82, 2.24) is 20.2 Å². The van der Waals surface area contributed by atoms with Crippen LogP contribution in [0, 0.1) is 0 Å². The molecule has 0 aliphatic heterocycles. The van der Waals surface area contributed by atoms with Crippen LogP contribution in [-0.2, 0) is 9.53 Å². The molecule has 0 saturated heterocycles. The van der Waals surface area contributed by atoms with Crippen molar-refractivity contribution >= 4 is 28.1 Å². The lowest BCUT2D eigenvalue weighted by molar-refractivity contribution is -0.131. The van der Waals surface area contributed by atoms with Crippen LogP contribution in [0.3, 0.4) is 0 Å². The molecule has 0 bridgehead atoms. The number of hydrogen-bond acceptors (Lipinski definition) is 7. The van der Waals surface area contributed by atoms with Crippen LogP contribution in [0.15, 0.2) is 58.6 Å². The number of nitrogens with one attached hydrogen (secondary N) is 1. The van der Waals surface area contributed by atoms with E-state index in [1.807, 2.05) is 12.1 Å². The molecule has 1 amide bonds. The molecule has 1 atom stereocenters. The fraction of sp³-hybridized carbons (Fsp3) is 0.200. The van der Waals surface area contributed by atoms with Gasteiger partial charge in [0.1, 0.15) is 28.6 Å². The van der Waals surface area contributed by atoms with Gasteiger partial charge < -0.3 is 14.2 Å². The van der Waals surface area contributed by atoms with E-state index in [9.17, 15) is 4.79 Å². The molecule has 1 heterocycles. The third-order valence-corrected chi connectivity index (χ3v) is 4.99. The average Bonchev–Trinajstić information content (AvgIpc) is 3.30. The molecule has 9 nitrogen and oxygen atoms in total. The van der Waals surface area contributed by atoms with E-state index in [4.69, 9.17) is 14.2 Å². The minimum Gasteiger partial charge on any atom is -0.495 e. The van der Waals surface area contributed by atoms with E-state index in [0.717, 1.165) is 5.69 Å². The number of methoxy groups -OCH3 is 3. The zero-order valence-electron chi connectivity index (χ0n) is 16.6. The van der Waals surface area contributed by atoms with Gasteiger partial charge in [0, 0.05) is 12.7 Å². The highest BCUT2D eigenvalue weighted by Crippen LogP contribution is 2.35. The lowest BCUT2D eigenvalue weighted by Crippen LogP contribution is -2.26. The Bertz CT molecular complexity index is 997. The largest absolute Gasteiger partial charge is 0.495 e. The van der Waals surface area contributed by atoms with Gasteiger partial charge in [-0.25, -0.2) is 15.1 Å². The molecule has 2 aromatic carbocycles. The summed E-state index contributed by atoms with van der Waals surface area (Å²) < 4.78 is 18.3. The number of hydrogen-bond donors (Lipinski definition) is 1. The summed E-state index contributed by atoms with van der Waals surface area (Å²) in [6.07, 6.45) is 3.72. The third kappa shape index (κ3) is 4.84. The first-order valence-electron chi connectivity index (χ1n) is 8.79. The smallest absolute Gasteiger partial charge is 0.273 e. The topological polar surface area (TPSA) is 99.9 Å². The molecule has 0 aliphatic carbocycles. The highest BCUT2D eigenvalue weighted by Gasteiger charge is 2.20. The van der Waals surface area contributed by atoms with Gasteiger partial charge >= 0.3 is 0 Å². The summed E-state index contributed by atoms with van der Waals surface area (Å²) in [5.74, 6) is 0.770. The second kappa shape index (κ2) is 9.99. The second-order valence-electron chi connectivity index (χ2n) is 6.02. The van der Waals surface area contributed by atoms with Gasteiger partial charge in [-0.2, -0.15) is 10.2 Å². The molecule has 3 rings (SSSR count). The van der Waals surface area contributed by atoms with E-state index in [2.05, 4.69) is 36.5 Å². The van der Waals surface area contributed by atoms with Crippen molar-refractivity contribution in [3.8, 4) is 17.2 Å². The van der Waals surface area contributed by atoms with Crippen LogP contribution in [-0.4, -0.2) is 48.2 Å². The molecule has 0 aliphatic rings. The first kappa shape index (κ1) is 21.5. The number of rotatable bonds is 8. The lowest BCUT2D eigenvalue weighted by Gasteiger charge is -2.14. The number of ether oxygens (including phenoxy) is 3. The van der Waals surface area contributed by atoms with E-state index in [0.29, 0.717) is 27.1 Å². The number of hydrazone groups is 1. The summed E-state index contributed by atoms with van der Waals surface area (Å²) in [4.78, 5) is 16.5. The van der Waals surface area contributed by atoms with Crippen molar-refractivity contribution in [1.29, 1.82) is 0 Å². The number of carbonyl (C=O) groups is 1. The molecule has 3 aromatic rings. The minimum atomic E-state index is -0.819.